The molecule has 1 aliphatic heterocycles. The lowest BCUT2D eigenvalue weighted by molar-refractivity contribution is 0.207. The van der Waals surface area contributed by atoms with Gasteiger partial charge in [-0.05, 0) is 49.7 Å². The van der Waals surface area contributed by atoms with Crippen molar-refractivity contribution in [3.8, 4) is 0 Å². The Morgan fingerprint density at radius 1 is 1.32 bits per heavy atom. The molecule has 22 heavy (non-hydrogen) atoms. The van der Waals surface area contributed by atoms with E-state index >= 15 is 0 Å². The number of benzene rings is 1. The number of hydrogen-bond donors (Lipinski definition) is 3. The average molecular weight is 295 g/mol. The van der Waals surface area contributed by atoms with Gasteiger partial charge in [-0.15, -0.1) is 0 Å². The average Bonchev–Trinajstić information content (AvgIpc) is 3.18. The monoisotopic (exact) mass is 295 g/mol. The van der Waals surface area contributed by atoms with Crippen LogP contribution in [0.4, 0.5) is 5.69 Å². The molecule has 5 heteroatoms. The fourth-order valence-electron chi connectivity index (χ4n) is 3.29. The quantitative estimate of drug-likeness (QED) is 0.693. The smallest absolute Gasteiger partial charge is 0.0651 e. The van der Waals surface area contributed by atoms with Gasteiger partial charge in [-0.3, -0.25) is 10.00 Å². The number of likely N-dealkylation sites (tertiary alicyclic amines) is 1. The molecule has 0 amide bonds. The summed E-state index contributed by atoms with van der Waals surface area (Å²) in [5, 5.41) is 11.9. The first-order valence-corrected chi connectivity index (χ1v) is 7.91. The number of anilines is 1. The van der Waals surface area contributed by atoms with Crippen molar-refractivity contribution in [3.63, 3.8) is 0 Å². The van der Waals surface area contributed by atoms with E-state index in [0.29, 0.717) is 6.04 Å². The lowest BCUT2D eigenvalue weighted by Gasteiger charge is -2.33. The molecule has 1 fully saturated rings. The summed E-state index contributed by atoms with van der Waals surface area (Å²) in [6.07, 6.45) is 6.34. The number of aromatic nitrogens is 3. The predicted molar refractivity (Wildman–Crippen MR) is 88.8 cm³/mol. The third-order valence-corrected chi connectivity index (χ3v) is 4.37. The van der Waals surface area contributed by atoms with Gasteiger partial charge in [0.1, 0.15) is 0 Å². The van der Waals surface area contributed by atoms with Crippen molar-refractivity contribution in [1.82, 2.24) is 20.1 Å². The molecule has 1 saturated heterocycles. The van der Waals surface area contributed by atoms with Crippen LogP contribution in [0.15, 0.2) is 42.7 Å². The van der Waals surface area contributed by atoms with Crippen molar-refractivity contribution in [2.24, 2.45) is 0 Å². The fraction of sp³-hybridized carbons (Fsp3) is 0.353. The first kappa shape index (κ1) is 13.4. The minimum absolute atomic E-state index is 0.507. The standard InChI is InChI=1S/C17H21N5/c1-3-15(18-7-1)11-22-8-2-4-16(12-22)20-14-5-6-17-13(9-14)10-19-21-17/h1,3,5-7,9-10,16,18,20H,2,4,8,11-12H2,(H,19,21). The Hall–Kier alpha value is -2.27. The van der Waals surface area contributed by atoms with Crippen molar-refractivity contribution in [3.05, 3.63) is 48.4 Å². The summed E-state index contributed by atoms with van der Waals surface area (Å²) in [4.78, 5) is 5.81. The second-order valence-corrected chi connectivity index (χ2v) is 6.09. The third-order valence-electron chi connectivity index (χ3n) is 4.37. The number of nitrogens with one attached hydrogen (secondary N) is 3. The number of aromatic amines is 2. The molecule has 4 rings (SSSR count). The maximum Gasteiger partial charge on any atom is 0.0651 e. The van der Waals surface area contributed by atoms with Crippen LogP contribution in [0.5, 0.6) is 0 Å². The zero-order valence-corrected chi connectivity index (χ0v) is 12.5. The van der Waals surface area contributed by atoms with Crippen molar-refractivity contribution in [2.75, 3.05) is 18.4 Å². The molecule has 114 valence electrons. The van der Waals surface area contributed by atoms with Gasteiger partial charge in [0.25, 0.3) is 0 Å². The van der Waals surface area contributed by atoms with Gasteiger partial charge in [-0.2, -0.15) is 5.10 Å². The molecule has 0 spiro atoms. The molecular weight excluding hydrogens is 274 g/mol. The highest BCUT2D eigenvalue weighted by Crippen LogP contribution is 2.21. The maximum atomic E-state index is 4.08. The highest BCUT2D eigenvalue weighted by molar-refractivity contribution is 5.81. The predicted octanol–water partition coefficient (Wildman–Crippen LogP) is 2.97. The molecule has 2 aromatic heterocycles. The molecular formula is C17H21N5. The summed E-state index contributed by atoms with van der Waals surface area (Å²) < 4.78 is 0. The van der Waals surface area contributed by atoms with Gasteiger partial charge in [-0.25, -0.2) is 0 Å². The summed E-state index contributed by atoms with van der Waals surface area (Å²) in [5.41, 5.74) is 3.56. The second-order valence-electron chi connectivity index (χ2n) is 6.09. The molecule has 0 radical (unpaired) electrons. The second kappa shape index (κ2) is 5.85. The summed E-state index contributed by atoms with van der Waals surface area (Å²) in [7, 11) is 0. The summed E-state index contributed by atoms with van der Waals surface area (Å²) in [6.45, 7) is 3.27. The van der Waals surface area contributed by atoms with Gasteiger partial charge < -0.3 is 10.3 Å². The number of H-pyrrole nitrogens is 2. The van der Waals surface area contributed by atoms with E-state index in [1.165, 1.54) is 30.8 Å². The zero-order valence-electron chi connectivity index (χ0n) is 12.5. The van der Waals surface area contributed by atoms with Crippen molar-refractivity contribution in [2.45, 2.75) is 25.4 Å². The highest BCUT2D eigenvalue weighted by Gasteiger charge is 2.20. The van der Waals surface area contributed by atoms with E-state index in [1.807, 2.05) is 12.4 Å². The molecule has 1 aliphatic rings. The molecule has 3 N–H and O–H groups in total. The van der Waals surface area contributed by atoms with Crippen molar-refractivity contribution >= 4 is 16.6 Å². The maximum absolute atomic E-state index is 4.08. The molecule has 3 aromatic rings. The van der Waals surface area contributed by atoms with Crippen molar-refractivity contribution in [1.29, 1.82) is 0 Å². The van der Waals surface area contributed by atoms with Crippen LogP contribution in [0, 0.1) is 0 Å². The number of rotatable bonds is 4. The summed E-state index contributed by atoms with van der Waals surface area (Å²) in [5.74, 6) is 0. The number of nitrogens with zero attached hydrogens (tertiary/aromatic N) is 2. The van der Waals surface area contributed by atoms with Gasteiger partial charge in [0, 0.05) is 42.1 Å². The number of hydrogen-bond acceptors (Lipinski definition) is 3. The number of fused-ring (bicyclic) bond motifs is 1. The highest BCUT2D eigenvalue weighted by atomic mass is 15.2. The SMILES string of the molecule is c1c[nH]c(CN2CCCC(Nc3ccc4[nH]ncc4c3)C2)c1. The minimum Gasteiger partial charge on any atom is -0.381 e. The Morgan fingerprint density at radius 3 is 3.23 bits per heavy atom. The van der Waals surface area contributed by atoms with Crippen LogP contribution in [-0.4, -0.2) is 39.2 Å². The summed E-state index contributed by atoms with van der Waals surface area (Å²) >= 11 is 0. The van der Waals surface area contributed by atoms with Gasteiger partial charge >= 0.3 is 0 Å². The van der Waals surface area contributed by atoms with E-state index in [-0.39, 0.29) is 0 Å². The molecule has 5 nitrogen and oxygen atoms in total. The van der Waals surface area contributed by atoms with E-state index in [2.05, 4.69) is 55.7 Å². The van der Waals surface area contributed by atoms with Crippen LogP contribution in [0.2, 0.25) is 0 Å². The molecule has 1 aromatic carbocycles. The van der Waals surface area contributed by atoms with E-state index in [4.69, 9.17) is 0 Å². The zero-order chi connectivity index (χ0) is 14.8. The molecule has 0 aliphatic carbocycles. The lowest BCUT2D eigenvalue weighted by Crippen LogP contribution is -2.41. The van der Waals surface area contributed by atoms with Crippen LogP contribution in [0.25, 0.3) is 10.9 Å². The topological polar surface area (TPSA) is 59.7 Å². The third kappa shape index (κ3) is 2.85. The van der Waals surface area contributed by atoms with E-state index in [9.17, 15) is 0 Å². The van der Waals surface area contributed by atoms with Gasteiger partial charge in [-0.1, -0.05) is 0 Å². The normalized spacial score (nSPS) is 19.5. The Labute approximate surface area is 129 Å². The van der Waals surface area contributed by atoms with Crippen molar-refractivity contribution < 1.29 is 0 Å². The molecule has 0 saturated carbocycles. The van der Waals surface area contributed by atoms with E-state index in [0.717, 1.165) is 24.0 Å². The van der Waals surface area contributed by atoms with Crippen LogP contribution >= 0.6 is 0 Å². The van der Waals surface area contributed by atoms with E-state index < -0.39 is 0 Å². The van der Waals surface area contributed by atoms with Gasteiger partial charge in [0.15, 0.2) is 0 Å². The summed E-state index contributed by atoms with van der Waals surface area (Å²) in [6, 6.07) is 11.1. The van der Waals surface area contributed by atoms with E-state index in [1.54, 1.807) is 0 Å². The van der Waals surface area contributed by atoms with Crippen LogP contribution in [-0.2, 0) is 6.54 Å². The Balaban J connectivity index is 1.41. The number of piperidine rings is 1. The first-order valence-electron chi connectivity index (χ1n) is 7.91. The van der Waals surface area contributed by atoms with Crippen LogP contribution < -0.4 is 5.32 Å². The van der Waals surface area contributed by atoms with Gasteiger partial charge in [0.05, 0.1) is 11.7 Å². The van der Waals surface area contributed by atoms with Crippen LogP contribution in [0.1, 0.15) is 18.5 Å². The molecule has 1 unspecified atom stereocenters. The molecule has 0 bridgehead atoms. The Bertz CT molecular complexity index is 730. The molecule has 3 heterocycles. The van der Waals surface area contributed by atoms with Gasteiger partial charge in [0.2, 0.25) is 0 Å². The fourth-order valence-corrected chi connectivity index (χ4v) is 3.29. The molecule has 1 atom stereocenters. The lowest BCUT2D eigenvalue weighted by atomic mass is 10.0. The minimum atomic E-state index is 0.507. The largest absolute Gasteiger partial charge is 0.381 e. The Kier molecular flexibility index (Phi) is 3.56. The Morgan fingerprint density at radius 2 is 2.32 bits per heavy atom. The first-order chi connectivity index (χ1) is 10.9. The van der Waals surface area contributed by atoms with Crippen LogP contribution in [0.3, 0.4) is 0 Å².